The van der Waals surface area contributed by atoms with Crippen molar-refractivity contribution in [2.45, 2.75) is 18.9 Å². The predicted molar refractivity (Wildman–Crippen MR) is 99.6 cm³/mol. The number of aryl methyl sites for hydroxylation is 1. The first-order chi connectivity index (χ1) is 12.7. The van der Waals surface area contributed by atoms with Gasteiger partial charge in [0.05, 0.1) is 27.4 Å². The third-order valence-corrected chi connectivity index (χ3v) is 4.67. The van der Waals surface area contributed by atoms with Crippen LogP contribution in [0.2, 0.25) is 0 Å². The molecule has 1 aliphatic rings. The first-order valence-electron chi connectivity index (χ1n) is 8.86. The molecule has 0 bridgehead atoms. The first-order valence-corrected chi connectivity index (χ1v) is 8.86. The van der Waals surface area contributed by atoms with E-state index in [1.54, 1.807) is 14.2 Å². The average Bonchev–Trinajstić information content (AvgIpc) is 2.72. The Hall–Kier alpha value is -2.53. The maximum absolute atomic E-state index is 12.6. The van der Waals surface area contributed by atoms with Crippen molar-refractivity contribution in [2.24, 2.45) is 0 Å². The standard InChI is InChI=1S/C21H25NO4/c1-24-18-10-8-16(14-19(18)25-2)9-11-21(23)22-12-13-26-20(15-22)17-6-4-3-5-7-17/h3-8,10,14,20H,9,11-13,15H2,1-2H3. The van der Waals surface area contributed by atoms with Crippen molar-refractivity contribution < 1.29 is 19.0 Å². The van der Waals surface area contributed by atoms with Crippen LogP contribution in [0.1, 0.15) is 23.7 Å². The monoisotopic (exact) mass is 355 g/mol. The van der Waals surface area contributed by atoms with Crippen LogP contribution < -0.4 is 9.47 Å². The molecule has 1 unspecified atom stereocenters. The molecule has 26 heavy (non-hydrogen) atoms. The summed E-state index contributed by atoms with van der Waals surface area (Å²) < 4.78 is 16.4. The molecule has 138 valence electrons. The number of morpholine rings is 1. The molecular formula is C21H25NO4. The summed E-state index contributed by atoms with van der Waals surface area (Å²) in [7, 11) is 3.23. The normalized spacial score (nSPS) is 17.0. The highest BCUT2D eigenvalue weighted by Gasteiger charge is 2.25. The number of methoxy groups -OCH3 is 2. The molecule has 0 aromatic heterocycles. The zero-order chi connectivity index (χ0) is 18.4. The molecule has 0 radical (unpaired) electrons. The fourth-order valence-electron chi connectivity index (χ4n) is 3.19. The van der Waals surface area contributed by atoms with Gasteiger partial charge >= 0.3 is 0 Å². The number of ether oxygens (including phenoxy) is 3. The lowest BCUT2D eigenvalue weighted by Crippen LogP contribution is -2.42. The summed E-state index contributed by atoms with van der Waals surface area (Å²) in [6, 6.07) is 15.8. The fraction of sp³-hybridized carbons (Fsp3) is 0.381. The van der Waals surface area contributed by atoms with E-state index in [0.717, 1.165) is 11.1 Å². The van der Waals surface area contributed by atoms with Gasteiger partial charge in [0.2, 0.25) is 5.91 Å². The van der Waals surface area contributed by atoms with Gasteiger partial charge in [0.25, 0.3) is 0 Å². The lowest BCUT2D eigenvalue weighted by Gasteiger charge is -2.33. The molecule has 5 nitrogen and oxygen atoms in total. The van der Waals surface area contributed by atoms with Crippen molar-refractivity contribution >= 4 is 5.91 Å². The van der Waals surface area contributed by atoms with Gasteiger partial charge in [0.1, 0.15) is 6.10 Å². The number of rotatable bonds is 6. The second kappa shape index (κ2) is 8.72. The molecule has 3 rings (SSSR count). The van der Waals surface area contributed by atoms with Crippen LogP contribution in [-0.4, -0.2) is 44.7 Å². The first kappa shape index (κ1) is 18.3. The minimum absolute atomic E-state index is 0.0463. The molecule has 1 fully saturated rings. The van der Waals surface area contributed by atoms with E-state index in [-0.39, 0.29) is 12.0 Å². The summed E-state index contributed by atoms with van der Waals surface area (Å²) >= 11 is 0. The summed E-state index contributed by atoms with van der Waals surface area (Å²) in [6.45, 7) is 1.82. The number of hydrogen-bond acceptors (Lipinski definition) is 4. The molecule has 0 saturated carbocycles. The third-order valence-electron chi connectivity index (χ3n) is 4.67. The summed E-state index contributed by atoms with van der Waals surface area (Å²) in [5.41, 5.74) is 2.17. The Morgan fingerprint density at radius 1 is 1.12 bits per heavy atom. The molecule has 0 spiro atoms. The van der Waals surface area contributed by atoms with Gasteiger partial charge in [-0.15, -0.1) is 0 Å². The van der Waals surface area contributed by atoms with Crippen LogP contribution in [0.5, 0.6) is 11.5 Å². The lowest BCUT2D eigenvalue weighted by atomic mass is 10.1. The molecule has 1 saturated heterocycles. The van der Waals surface area contributed by atoms with E-state index in [1.807, 2.05) is 53.4 Å². The number of amides is 1. The van der Waals surface area contributed by atoms with Crippen LogP contribution in [0.25, 0.3) is 0 Å². The van der Waals surface area contributed by atoms with Crippen molar-refractivity contribution in [3.8, 4) is 11.5 Å². The molecule has 1 atom stereocenters. The molecule has 5 heteroatoms. The van der Waals surface area contributed by atoms with Crippen molar-refractivity contribution in [1.82, 2.24) is 4.90 Å². The van der Waals surface area contributed by atoms with E-state index in [0.29, 0.717) is 44.0 Å². The third kappa shape index (κ3) is 4.35. The summed E-state index contributed by atoms with van der Waals surface area (Å²) in [4.78, 5) is 14.5. The van der Waals surface area contributed by atoms with Crippen LogP contribution in [0, 0.1) is 0 Å². The zero-order valence-electron chi connectivity index (χ0n) is 15.3. The highest BCUT2D eigenvalue weighted by molar-refractivity contribution is 5.76. The lowest BCUT2D eigenvalue weighted by molar-refractivity contribution is -0.139. The Kier molecular flexibility index (Phi) is 6.12. The van der Waals surface area contributed by atoms with Crippen molar-refractivity contribution in [3.63, 3.8) is 0 Å². The number of carbonyl (C=O) groups excluding carboxylic acids is 1. The number of carbonyl (C=O) groups is 1. The molecule has 1 aliphatic heterocycles. The molecular weight excluding hydrogens is 330 g/mol. The van der Waals surface area contributed by atoms with E-state index in [1.165, 1.54) is 0 Å². The highest BCUT2D eigenvalue weighted by Crippen LogP contribution is 2.28. The van der Waals surface area contributed by atoms with Crippen LogP contribution in [-0.2, 0) is 16.0 Å². The average molecular weight is 355 g/mol. The number of nitrogens with zero attached hydrogens (tertiary/aromatic N) is 1. The van der Waals surface area contributed by atoms with Crippen LogP contribution >= 0.6 is 0 Å². The molecule has 1 heterocycles. The van der Waals surface area contributed by atoms with E-state index >= 15 is 0 Å². The van der Waals surface area contributed by atoms with Gasteiger partial charge in [-0.2, -0.15) is 0 Å². The van der Waals surface area contributed by atoms with Gasteiger partial charge in [-0.25, -0.2) is 0 Å². The quantitative estimate of drug-likeness (QED) is 0.798. The van der Waals surface area contributed by atoms with Gasteiger partial charge in [-0.1, -0.05) is 36.4 Å². The van der Waals surface area contributed by atoms with Crippen molar-refractivity contribution in [2.75, 3.05) is 33.9 Å². The molecule has 0 N–H and O–H groups in total. The second-order valence-corrected chi connectivity index (χ2v) is 6.30. The van der Waals surface area contributed by atoms with E-state index in [9.17, 15) is 4.79 Å². The van der Waals surface area contributed by atoms with Crippen molar-refractivity contribution in [1.29, 1.82) is 0 Å². The van der Waals surface area contributed by atoms with Crippen LogP contribution in [0.15, 0.2) is 48.5 Å². The molecule has 2 aromatic rings. The van der Waals surface area contributed by atoms with Crippen molar-refractivity contribution in [3.05, 3.63) is 59.7 Å². The van der Waals surface area contributed by atoms with Crippen LogP contribution in [0.4, 0.5) is 0 Å². The van der Waals surface area contributed by atoms with Gasteiger partial charge < -0.3 is 19.1 Å². The van der Waals surface area contributed by atoms with Gasteiger partial charge in [0, 0.05) is 13.0 Å². The minimum atomic E-state index is -0.0463. The Labute approximate surface area is 154 Å². The Bertz CT molecular complexity index is 732. The predicted octanol–water partition coefficient (Wildman–Crippen LogP) is 3.24. The van der Waals surface area contributed by atoms with Gasteiger partial charge in [0.15, 0.2) is 11.5 Å². The van der Waals surface area contributed by atoms with Crippen LogP contribution in [0.3, 0.4) is 0 Å². The van der Waals surface area contributed by atoms with Gasteiger partial charge in [-0.05, 0) is 29.7 Å². The maximum Gasteiger partial charge on any atom is 0.223 e. The zero-order valence-corrected chi connectivity index (χ0v) is 15.3. The Balaban J connectivity index is 1.58. The maximum atomic E-state index is 12.6. The largest absolute Gasteiger partial charge is 0.493 e. The van der Waals surface area contributed by atoms with E-state index in [4.69, 9.17) is 14.2 Å². The number of hydrogen-bond donors (Lipinski definition) is 0. The Morgan fingerprint density at radius 3 is 2.62 bits per heavy atom. The van der Waals surface area contributed by atoms with E-state index in [2.05, 4.69) is 0 Å². The topological polar surface area (TPSA) is 48.0 Å². The number of benzene rings is 2. The summed E-state index contributed by atoms with van der Waals surface area (Å²) in [5.74, 6) is 1.54. The smallest absolute Gasteiger partial charge is 0.223 e. The minimum Gasteiger partial charge on any atom is -0.493 e. The van der Waals surface area contributed by atoms with E-state index < -0.39 is 0 Å². The Morgan fingerprint density at radius 2 is 1.88 bits per heavy atom. The molecule has 1 amide bonds. The molecule has 2 aromatic carbocycles. The second-order valence-electron chi connectivity index (χ2n) is 6.30. The SMILES string of the molecule is COc1ccc(CCC(=O)N2CCOC(c3ccccc3)C2)cc1OC. The molecule has 0 aliphatic carbocycles. The highest BCUT2D eigenvalue weighted by atomic mass is 16.5. The summed E-state index contributed by atoms with van der Waals surface area (Å²) in [6.07, 6.45) is 1.10. The van der Waals surface area contributed by atoms with Gasteiger partial charge in [-0.3, -0.25) is 4.79 Å². The fourth-order valence-corrected chi connectivity index (χ4v) is 3.19. The summed E-state index contributed by atoms with van der Waals surface area (Å²) in [5, 5.41) is 0.